The van der Waals surface area contributed by atoms with E-state index in [0.29, 0.717) is 5.69 Å². The van der Waals surface area contributed by atoms with E-state index in [1.165, 1.54) is 6.07 Å². The first-order valence-corrected chi connectivity index (χ1v) is 6.64. The fourth-order valence-electron chi connectivity index (χ4n) is 2.33. The van der Waals surface area contributed by atoms with Crippen LogP contribution in [0.25, 0.3) is 11.3 Å². The molecule has 3 rings (SSSR count). The van der Waals surface area contributed by atoms with Crippen molar-refractivity contribution in [3.05, 3.63) is 52.8 Å². The van der Waals surface area contributed by atoms with Gasteiger partial charge in [-0.2, -0.15) is 5.10 Å². The molecule has 2 heterocycles. The highest BCUT2D eigenvalue weighted by molar-refractivity contribution is 5.99. The number of piperidine rings is 1. The van der Waals surface area contributed by atoms with Crippen LogP contribution in [-0.2, 0) is 9.59 Å². The Morgan fingerprint density at radius 1 is 1.05 bits per heavy atom. The maximum Gasteiger partial charge on any atom is 0.267 e. The van der Waals surface area contributed by atoms with Crippen LogP contribution < -0.4 is 10.9 Å². The predicted molar refractivity (Wildman–Crippen MR) is 75.4 cm³/mol. The summed E-state index contributed by atoms with van der Waals surface area (Å²) in [6.07, 6.45) is 0.496. The summed E-state index contributed by atoms with van der Waals surface area (Å²) in [7, 11) is 0. The molecule has 1 aromatic heterocycles. The Hall–Kier alpha value is -2.76. The van der Waals surface area contributed by atoms with Gasteiger partial charge in [0.15, 0.2) is 0 Å². The van der Waals surface area contributed by atoms with Crippen LogP contribution in [0.4, 0.5) is 0 Å². The van der Waals surface area contributed by atoms with E-state index < -0.39 is 11.9 Å². The zero-order valence-corrected chi connectivity index (χ0v) is 11.2. The molecule has 6 nitrogen and oxygen atoms in total. The van der Waals surface area contributed by atoms with Gasteiger partial charge in [-0.1, -0.05) is 30.3 Å². The lowest BCUT2D eigenvalue weighted by Crippen LogP contribution is -2.45. The smallest absolute Gasteiger partial charge is 0.267 e. The van der Waals surface area contributed by atoms with Crippen molar-refractivity contribution in [2.24, 2.45) is 0 Å². The molecule has 1 aromatic carbocycles. The summed E-state index contributed by atoms with van der Waals surface area (Å²) >= 11 is 0. The Morgan fingerprint density at radius 3 is 2.52 bits per heavy atom. The number of imide groups is 1. The molecule has 0 spiro atoms. The zero-order chi connectivity index (χ0) is 14.8. The molecule has 1 atom stereocenters. The predicted octanol–water partition coefficient (Wildman–Crippen LogP) is 0.888. The minimum Gasteiger partial charge on any atom is -0.295 e. The van der Waals surface area contributed by atoms with Gasteiger partial charge in [0.2, 0.25) is 5.91 Å². The number of nitrogens with zero attached hydrogens (tertiary/aromatic N) is 2. The number of nitrogens with one attached hydrogen (secondary N) is 1. The monoisotopic (exact) mass is 283 g/mol. The summed E-state index contributed by atoms with van der Waals surface area (Å²) in [4.78, 5) is 35.0. The molecular formula is C15H13N3O3. The molecule has 1 saturated heterocycles. The number of benzene rings is 1. The first-order chi connectivity index (χ1) is 10.1. The average Bonchev–Trinajstić information content (AvgIpc) is 2.49. The number of carbonyl (C=O) groups excluding carboxylic acids is 2. The van der Waals surface area contributed by atoms with E-state index in [0.717, 1.165) is 10.2 Å². The number of hydrogen-bond donors (Lipinski definition) is 1. The highest BCUT2D eigenvalue weighted by atomic mass is 16.2. The Morgan fingerprint density at radius 2 is 1.81 bits per heavy atom. The number of amides is 2. The van der Waals surface area contributed by atoms with Gasteiger partial charge in [0.1, 0.15) is 6.04 Å². The molecule has 6 heteroatoms. The van der Waals surface area contributed by atoms with Crippen LogP contribution >= 0.6 is 0 Å². The van der Waals surface area contributed by atoms with Gasteiger partial charge in [-0.3, -0.25) is 19.7 Å². The molecule has 1 unspecified atom stereocenters. The summed E-state index contributed by atoms with van der Waals surface area (Å²) in [6.45, 7) is 0. The SMILES string of the molecule is O=C1CCC(n2nc(-c3ccccc3)ccc2=O)C(=O)N1. The van der Waals surface area contributed by atoms with Gasteiger partial charge < -0.3 is 0 Å². The van der Waals surface area contributed by atoms with E-state index in [2.05, 4.69) is 10.4 Å². The van der Waals surface area contributed by atoms with Crippen molar-refractivity contribution in [1.82, 2.24) is 15.1 Å². The molecule has 21 heavy (non-hydrogen) atoms. The van der Waals surface area contributed by atoms with E-state index in [1.807, 2.05) is 30.3 Å². The summed E-state index contributed by atoms with van der Waals surface area (Å²) in [5.41, 5.74) is 1.11. The van der Waals surface area contributed by atoms with Crippen molar-refractivity contribution in [1.29, 1.82) is 0 Å². The van der Waals surface area contributed by atoms with Crippen molar-refractivity contribution < 1.29 is 9.59 Å². The van der Waals surface area contributed by atoms with Crippen LogP contribution in [0.1, 0.15) is 18.9 Å². The van der Waals surface area contributed by atoms with Crippen molar-refractivity contribution in [3.63, 3.8) is 0 Å². The van der Waals surface area contributed by atoms with Gasteiger partial charge in [0.25, 0.3) is 11.5 Å². The Kier molecular flexibility index (Phi) is 3.35. The second-order valence-electron chi connectivity index (χ2n) is 4.83. The highest BCUT2D eigenvalue weighted by Gasteiger charge is 2.29. The van der Waals surface area contributed by atoms with Crippen molar-refractivity contribution in [2.45, 2.75) is 18.9 Å². The van der Waals surface area contributed by atoms with E-state index in [4.69, 9.17) is 0 Å². The molecule has 1 aliphatic heterocycles. The van der Waals surface area contributed by atoms with Crippen LogP contribution in [0.3, 0.4) is 0 Å². The molecule has 0 bridgehead atoms. The molecule has 0 aliphatic carbocycles. The molecule has 1 aliphatic rings. The molecule has 0 saturated carbocycles. The van der Waals surface area contributed by atoms with Gasteiger partial charge in [0.05, 0.1) is 5.69 Å². The van der Waals surface area contributed by atoms with Crippen LogP contribution in [0, 0.1) is 0 Å². The number of rotatable bonds is 2. The Labute approximate surface area is 120 Å². The summed E-state index contributed by atoms with van der Waals surface area (Å²) in [5.74, 6) is -0.797. The maximum absolute atomic E-state index is 12.0. The fraction of sp³-hybridized carbons (Fsp3) is 0.200. The van der Waals surface area contributed by atoms with Gasteiger partial charge in [0, 0.05) is 18.1 Å². The summed E-state index contributed by atoms with van der Waals surface area (Å²) < 4.78 is 1.16. The molecule has 0 radical (unpaired) electrons. The van der Waals surface area contributed by atoms with Crippen molar-refractivity contribution in [2.75, 3.05) is 0 Å². The molecule has 2 amide bonds. The second kappa shape index (κ2) is 5.32. The van der Waals surface area contributed by atoms with Gasteiger partial charge in [-0.15, -0.1) is 0 Å². The molecule has 2 aromatic rings. The Balaban J connectivity index is 2.01. The number of carbonyl (C=O) groups is 2. The first kappa shape index (κ1) is 13.2. The quantitative estimate of drug-likeness (QED) is 0.830. The van der Waals surface area contributed by atoms with Gasteiger partial charge >= 0.3 is 0 Å². The van der Waals surface area contributed by atoms with Crippen LogP contribution in [0.15, 0.2) is 47.3 Å². The number of hydrogen-bond acceptors (Lipinski definition) is 4. The number of aromatic nitrogens is 2. The average molecular weight is 283 g/mol. The third kappa shape index (κ3) is 2.60. The lowest BCUT2D eigenvalue weighted by atomic mass is 10.1. The van der Waals surface area contributed by atoms with E-state index in [1.54, 1.807) is 6.07 Å². The molecule has 1 N–H and O–H groups in total. The normalized spacial score (nSPS) is 18.4. The van der Waals surface area contributed by atoms with Gasteiger partial charge in [-0.25, -0.2) is 4.68 Å². The van der Waals surface area contributed by atoms with E-state index in [-0.39, 0.29) is 24.3 Å². The summed E-state index contributed by atoms with van der Waals surface area (Å²) in [5, 5.41) is 6.51. The van der Waals surface area contributed by atoms with Gasteiger partial charge in [-0.05, 0) is 12.5 Å². The van der Waals surface area contributed by atoms with Crippen LogP contribution in [-0.4, -0.2) is 21.6 Å². The topological polar surface area (TPSA) is 81.1 Å². The fourth-order valence-corrected chi connectivity index (χ4v) is 2.33. The van der Waals surface area contributed by atoms with E-state index >= 15 is 0 Å². The van der Waals surface area contributed by atoms with Crippen LogP contribution in [0.2, 0.25) is 0 Å². The summed E-state index contributed by atoms with van der Waals surface area (Å²) in [6, 6.07) is 11.7. The standard InChI is InChI=1S/C15H13N3O3/c19-13-8-7-12(15(21)16-13)18-14(20)9-6-11(17-18)10-4-2-1-3-5-10/h1-6,9,12H,7-8H2,(H,16,19,21). The zero-order valence-electron chi connectivity index (χ0n) is 11.2. The molecule has 106 valence electrons. The third-order valence-corrected chi connectivity index (χ3v) is 3.40. The third-order valence-electron chi connectivity index (χ3n) is 3.40. The largest absolute Gasteiger partial charge is 0.295 e. The van der Waals surface area contributed by atoms with E-state index in [9.17, 15) is 14.4 Å². The first-order valence-electron chi connectivity index (χ1n) is 6.64. The van der Waals surface area contributed by atoms with Crippen molar-refractivity contribution >= 4 is 11.8 Å². The maximum atomic E-state index is 12.0. The Bertz CT molecular complexity index is 752. The minimum absolute atomic E-state index is 0.208. The van der Waals surface area contributed by atoms with Crippen LogP contribution in [0.5, 0.6) is 0 Å². The lowest BCUT2D eigenvalue weighted by Gasteiger charge is -2.22. The second-order valence-corrected chi connectivity index (χ2v) is 4.83. The van der Waals surface area contributed by atoms with Crippen molar-refractivity contribution in [3.8, 4) is 11.3 Å². The minimum atomic E-state index is -0.737. The highest BCUT2D eigenvalue weighted by Crippen LogP contribution is 2.19. The molecule has 1 fully saturated rings. The molecular weight excluding hydrogens is 270 g/mol. The lowest BCUT2D eigenvalue weighted by molar-refractivity contribution is -0.136.